The van der Waals surface area contributed by atoms with E-state index in [9.17, 15) is 15.2 Å². The van der Waals surface area contributed by atoms with Crippen LogP contribution in [0.15, 0.2) is 24.3 Å². The Balaban J connectivity index is 0.00000161. The van der Waals surface area contributed by atoms with Crippen LogP contribution in [0.25, 0.3) is 0 Å². The molecule has 2 unspecified atom stereocenters. The first kappa shape index (κ1) is 16.2. The minimum absolute atomic E-state index is 0. The highest BCUT2D eigenvalue weighted by Crippen LogP contribution is 2.33. The number of nitro groups is 1. The van der Waals surface area contributed by atoms with Crippen molar-refractivity contribution in [3.05, 3.63) is 39.9 Å². The summed E-state index contributed by atoms with van der Waals surface area (Å²) in [6.45, 7) is 1.91. The zero-order valence-electron chi connectivity index (χ0n) is 11.6. The number of nitrogens with zero attached hydrogens (tertiary/aromatic N) is 2. The number of ether oxygens (including phenoxy) is 1. The zero-order chi connectivity index (χ0) is 14.2. The van der Waals surface area contributed by atoms with Crippen LogP contribution in [-0.4, -0.2) is 40.7 Å². The first-order valence-electron chi connectivity index (χ1n) is 6.94. The number of rotatable bonds is 2. The molecule has 1 aromatic carbocycles. The second-order valence-corrected chi connectivity index (χ2v) is 5.52. The molecule has 1 N–H and O–H groups in total. The second-order valence-electron chi connectivity index (χ2n) is 5.52. The average molecular weight is 315 g/mol. The molecule has 2 fully saturated rings. The van der Waals surface area contributed by atoms with Crippen molar-refractivity contribution in [2.24, 2.45) is 0 Å². The molecule has 0 aliphatic carbocycles. The summed E-state index contributed by atoms with van der Waals surface area (Å²) in [7, 11) is 0. The van der Waals surface area contributed by atoms with Gasteiger partial charge in [-0.15, -0.1) is 12.4 Å². The Labute approximate surface area is 129 Å². The molecule has 3 rings (SSSR count). The molecule has 0 bridgehead atoms. The van der Waals surface area contributed by atoms with E-state index < -0.39 is 10.7 Å². The maximum Gasteiger partial charge on any atom is 0.269 e. The van der Waals surface area contributed by atoms with E-state index in [4.69, 9.17) is 4.74 Å². The largest absolute Gasteiger partial charge is 0.361 e. The lowest BCUT2D eigenvalue weighted by Crippen LogP contribution is -2.56. The van der Waals surface area contributed by atoms with Crippen molar-refractivity contribution in [1.29, 1.82) is 0 Å². The van der Waals surface area contributed by atoms with Crippen molar-refractivity contribution in [3.8, 4) is 0 Å². The van der Waals surface area contributed by atoms with Crippen LogP contribution in [0.1, 0.15) is 24.8 Å². The van der Waals surface area contributed by atoms with Crippen molar-refractivity contribution in [1.82, 2.24) is 4.90 Å². The summed E-state index contributed by atoms with van der Waals surface area (Å²) in [5, 5.41) is 21.3. The maximum absolute atomic E-state index is 10.7. The van der Waals surface area contributed by atoms with Crippen molar-refractivity contribution >= 4 is 18.1 Å². The molecule has 0 aromatic heterocycles. The zero-order valence-corrected chi connectivity index (χ0v) is 12.4. The highest BCUT2D eigenvalue weighted by molar-refractivity contribution is 5.85. The summed E-state index contributed by atoms with van der Waals surface area (Å²) in [5.41, 5.74) is 0.594. The Bertz CT molecular complexity index is 510. The van der Waals surface area contributed by atoms with Crippen LogP contribution in [0, 0.1) is 10.1 Å². The van der Waals surface area contributed by atoms with Crippen LogP contribution >= 0.6 is 12.4 Å². The van der Waals surface area contributed by atoms with E-state index in [0.717, 1.165) is 19.4 Å². The van der Waals surface area contributed by atoms with Crippen LogP contribution in [0.4, 0.5) is 5.69 Å². The van der Waals surface area contributed by atoms with Crippen LogP contribution in [0.2, 0.25) is 0 Å². The molecule has 0 amide bonds. The van der Waals surface area contributed by atoms with Gasteiger partial charge in [-0.1, -0.05) is 6.42 Å². The molecule has 2 heterocycles. The predicted octanol–water partition coefficient (Wildman–Crippen LogP) is 2.05. The van der Waals surface area contributed by atoms with E-state index in [1.165, 1.54) is 18.6 Å². The Morgan fingerprint density at radius 3 is 2.71 bits per heavy atom. The van der Waals surface area contributed by atoms with Gasteiger partial charge in [-0.25, -0.2) is 0 Å². The third kappa shape index (κ3) is 3.18. The van der Waals surface area contributed by atoms with Crippen LogP contribution in [0.3, 0.4) is 0 Å². The predicted molar refractivity (Wildman–Crippen MR) is 79.4 cm³/mol. The summed E-state index contributed by atoms with van der Waals surface area (Å²) < 4.78 is 5.67. The smallest absolute Gasteiger partial charge is 0.269 e. The molecule has 1 aromatic rings. The molecule has 2 atom stereocenters. The van der Waals surface area contributed by atoms with E-state index >= 15 is 0 Å². The molecule has 7 heteroatoms. The third-order valence-electron chi connectivity index (χ3n) is 4.21. The molecule has 21 heavy (non-hydrogen) atoms. The number of hydrogen-bond donors (Lipinski definition) is 1. The molecule has 6 nitrogen and oxygen atoms in total. The van der Waals surface area contributed by atoms with E-state index in [2.05, 4.69) is 4.90 Å². The van der Waals surface area contributed by atoms with Gasteiger partial charge in [0.05, 0.1) is 18.1 Å². The van der Waals surface area contributed by atoms with E-state index in [1.54, 1.807) is 12.1 Å². The number of nitro benzene ring substituents is 1. The highest BCUT2D eigenvalue weighted by Gasteiger charge is 2.41. The lowest BCUT2D eigenvalue weighted by Gasteiger charge is -2.46. The summed E-state index contributed by atoms with van der Waals surface area (Å²) in [4.78, 5) is 12.5. The van der Waals surface area contributed by atoms with Crippen molar-refractivity contribution in [3.63, 3.8) is 0 Å². The molecule has 116 valence electrons. The molecule has 2 aliphatic rings. The first-order chi connectivity index (χ1) is 9.58. The van der Waals surface area contributed by atoms with Gasteiger partial charge in [0.2, 0.25) is 5.79 Å². The number of hydrogen-bond acceptors (Lipinski definition) is 5. The van der Waals surface area contributed by atoms with E-state index in [-0.39, 0.29) is 18.1 Å². The van der Waals surface area contributed by atoms with Crippen LogP contribution in [-0.2, 0) is 10.5 Å². The Morgan fingerprint density at radius 2 is 2.05 bits per heavy atom. The standard InChI is InChI=1S/C14H18N2O4.ClH/c17-14(11-4-6-12(7-5-11)16(18)19)10-15-8-2-1-3-13(15)9-20-14;/h4-7,13,17H,1-3,8-10H2;1H. The lowest BCUT2D eigenvalue weighted by atomic mass is 9.96. The minimum atomic E-state index is -1.36. The van der Waals surface area contributed by atoms with Gasteiger partial charge in [-0.3, -0.25) is 15.0 Å². The van der Waals surface area contributed by atoms with Crippen LogP contribution < -0.4 is 0 Å². The van der Waals surface area contributed by atoms with Crippen molar-refractivity contribution in [2.75, 3.05) is 19.7 Å². The average Bonchev–Trinajstić information content (AvgIpc) is 2.47. The van der Waals surface area contributed by atoms with Gasteiger partial charge in [0.1, 0.15) is 0 Å². The number of non-ortho nitro benzene ring substituents is 1. The fourth-order valence-corrected chi connectivity index (χ4v) is 3.03. The summed E-state index contributed by atoms with van der Waals surface area (Å²) in [6, 6.07) is 6.34. The number of piperidine rings is 1. The fraction of sp³-hybridized carbons (Fsp3) is 0.571. The van der Waals surface area contributed by atoms with Gasteiger partial charge in [-0.05, 0) is 31.5 Å². The van der Waals surface area contributed by atoms with Gasteiger partial charge < -0.3 is 9.84 Å². The molecule has 2 aliphatic heterocycles. The van der Waals surface area contributed by atoms with Gasteiger partial charge in [0, 0.05) is 23.7 Å². The molecular weight excluding hydrogens is 296 g/mol. The third-order valence-corrected chi connectivity index (χ3v) is 4.21. The van der Waals surface area contributed by atoms with E-state index in [1.807, 2.05) is 0 Å². The molecule has 0 saturated carbocycles. The number of benzene rings is 1. The van der Waals surface area contributed by atoms with Gasteiger partial charge in [0.25, 0.3) is 5.69 Å². The quantitative estimate of drug-likeness (QED) is 0.668. The normalized spacial score (nSPS) is 29.3. The van der Waals surface area contributed by atoms with Crippen LogP contribution in [0.5, 0.6) is 0 Å². The van der Waals surface area contributed by atoms with Crippen molar-refractivity contribution in [2.45, 2.75) is 31.1 Å². The van der Waals surface area contributed by atoms with Gasteiger partial charge in [0.15, 0.2) is 0 Å². The number of halogens is 1. The number of aliphatic hydroxyl groups is 1. The summed E-state index contributed by atoms with van der Waals surface area (Å²) in [6.07, 6.45) is 3.46. The Hall–Kier alpha value is -1.21. The molecule has 0 spiro atoms. The molecule has 2 saturated heterocycles. The minimum Gasteiger partial charge on any atom is -0.361 e. The fourth-order valence-electron chi connectivity index (χ4n) is 3.03. The second kappa shape index (κ2) is 6.27. The Morgan fingerprint density at radius 1 is 1.33 bits per heavy atom. The first-order valence-corrected chi connectivity index (χ1v) is 6.94. The number of fused-ring (bicyclic) bond motifs is 1. The topological polar surface area (TPSA) is 75.8 Å². The SMILES string of the molecule is Cl.O=[N+]([O-])c1ccc(C2(O)CN3CCCCC3CO2)cc1. The maximum atomic E-state index is 10.7. The van der Waals surface area contributed by atoms with Crippen molar-refractivity contribution < 1.29 is 14.8 Å². The van der Waals surface area contributed by atoms with Gasteiger partial charge >= 0.3 is 0 Å². The summed E-state index contributed by atoms with van der Waals surface area (Å²) >= 11 is 0. The van der Waals surface area contributed by atoms with Gasteiger partial charge in [-0.2, -0.15) is 0 Å². The lowest BCUT2D eigenvalue weighted by molar-refractivity contribution is -0.384. The molecular formula is C14H19ClN2O4. The summed E-state index contributed by atoms with van der Waals surface area (Å²) in [5.74, 6) is -1.36. The Kier molecular flexibility index (Phi) is 4.83. The number of morpholine rings is 1. The van der Waals surface area contributed by atoms with E-state index in [0.29, 0.717) is 24.8 Å². The highest BCUT2D eigenvalue weighted by atomic mass is 35.5. The molecule has 0 radical (unpaired) electrons. The monoisotopic (exact) mass is 314 g/mol.